The van der Waals surface area contributed by atoms with Gasteiger partial charge in [0.15, 0.2) is 0 Å². The van der Waals surface area contributed by atoms with Gasteiger partial charge in [-0.2, -0.15) is 0 Å². The van der Waals surface area contributed by atoms with Crippen LogP contribution in [-0.4, -0.2) is 69.1 Å². The number of carbonyl (C=O) groups excluding carboxylic acids is 2. The number of rotatable bonds is 10. The number of aromatic nitrogens is 1. The van der Waals surface area contributed by atoms with Gasteiger partial charge in [0.1, 0.15) is 0 Å². The van der Waals surface area contributed by atoms with E-state index >= 15 is 0 Å². The molecule has 0 saturated carbocycles. The molecule has 128 valence electrons. The maximum Gasteiger partial charge on any atom is 0.252 e. The zero-order chi connectivity index (χ0) is 17.1. The number of methoxy groups -OCH3 is 1. The normalized spacial score (nSPS) is 10.6. The molecule has 0 unspecified atom stereocenters. The van der Waals surface area contributed by atoms with Crippen LogP contribution in [-0.2, 0) is 4.74 Å². The van der Waals surface area contributed by atoms with Crippen molar-refractivity contribution in [1.82, 2.24) is 20.5 Å². The molecule has 23 heavy (non-hydrogen) atoms. The average Bonchev–Trinajstić information content (AvgIpc) is 2.55. The fourth-order valence-electron chi connectivity index (χ4n) is 1.91. The van der Waals surface area contributed by atoms with Crippen molar-refractivity contribution in [3.8, 4) is 0 Å². The first kappa shape index (κ1) is 19.1. The van der Waals surface area contributed by atoms with Crippen molar-refractivity contribution in [2.75, 3.05) is 47.4 Å². The second-order valence-electron chi connectivity index (χ2n) is 5.48. The van der Waals surface area contributed by atoms with Gasteiger partial charge in [-0.25, -0.2) is 0 Å². The summed E-state index contributed by atoms with van der Waals surface area (Å²) in [7, 11) is 5.59. The highest BCUT2D eigenvalue weighted by atomic mass is 16.5. The molecule has 0 saturated heterocycles. The van der Waals surface area contributed by atoms with Crippen molar-refractivity contribution in [3.05, 3.63) is 29.6 Å². The smallest absolute Gasteiger partial charge is 0.252 e. The second kappa shape index (κ2) is 10.7. The lowest BCUT2D eigenvalue weighted by Gasteiger charge is -2.10. The van der Waals surface area contributed by atoms with Crippen molar-refractivity contribution < 1.29 is 14.3 Å². The number of carbonyl (C=O) groups is 2. The van der Waals surface area contributed by atoms with Gasteiger partial charge in [0, 0.05) is 39.2 Å². The Labute approximate surface area is 137 Å². The molecule has 0 atom stereocenters. The molecular formula is C16H26N4O3. The number of hydrogen-bond acceptors (Lipinski definition) is 5. The molecule has 0 aromatic carbocycles. The summed E-state index contributed by atoms with van der Waals surface area (Å²) in [6, 6.07) is 1.56. The summed E-state index contributed by atoms with van der Waals surface area (Å²) >= 11 is 0. The Morgan fingerprint density at radius 1 is 1.09 bits per heavy atom. The van der Waals surface area contributed by atoms with Crippen molar-refractivity contribution >= 4 is 11.8 Å². The van der Waals surface area contributed by atoms with E-state index < -0.39 is 0 Å². The molecule has 2 N–H and O–H groups in total. The third kappa shape index (κ3) is 7.71. The summed E-state index contributed by atoms with van der Waals surface area (Å²) in [6.07, 6.45) is 4.52. The van der Waals surface area contributed by atoms with Gasteiger partial charge < -0.3 is 20.3 Å². The van der Waals surface area contributed by atoms with E-state index in [9.17, 15) is 9.59 Å². The molecule has 0 fully saturated rings. The van der Waals surface area contributed by atoms with Gasteiger partial charge >= 0.3 is 0 Å². The SMILES string of the molecule is COCCCNC(=O)c1cncc(C(=O)NCCCN(C)C)c1. The van der Waals surface area contributed by atoms with Gasteiger partial charge in [-0.15, -0.1) is 0 Å². The van der Waals surface area contributed by atoms with E-state index in [2.05, 4.69) is 20.5 Å². The molecule has 0 bridgehead atoms. The third-order valence-electron chi connectivity index (χ3n) is 3.14. The summed E-state index contributed by atoms with van der Waals surface area (Å²) in [5.74, 6) is -0.457. The van der Waals surface area contributed by atoms with Crippen molar-refractivity contribution in [3.63, 3.8) is 0 Å². The Hall–Kier alpha value is -1.99. The second-order valence-corrected chi connectivity index (χ2v) is 5.48. The summed E-state index contributed by atoms with van der Waals surface area (Å²) in [6.45, 7) is 2.61. The van der Waals surface area contributed by atoms with E-state index in [1.165, 1.54) is 12.4 Å². The van der Waals surface area contributed by atoms with Gasteiger partial charge in [0.05, 0.1) is 11.1 Å². The maximum atomic E-state index is 12.1. The Bertz CT molecular complexity index is 506. The Morgan fingerprint density at radius 3 is 2.17 bits per heavy atom. The summed E-state index contributed by atoms with van der Waals surface area (Å²) < 4.78 is 4.92. The first-order valence-electron chi connectivity index (χ1n) is 7.69. The van der Waals surface area contributed by atoms with Gasteiger partial charge in [0.2, 0.25) is 0 Å². The van der Waals surface area contributed by atoms with Gasteiger partial charge in [-0.3, -0.25) is 14.6 Å². The number of nitrogens with one attached hydrogen (secondary N) is 2. The molecule has 1 heterocycles. The Kier molecular flexibility index (Phi) is 8.86. The van der Waals surface area contributed by atoms with Crippen molar-refractivity contribution in [2.24, 2.45) is 0 Å². The first-order valence-corrected chi connectivity index (χ1v) is 7.69. The van der Waals surface area contributed by atoms with Crippen LogP contribution in [0.15, 0.2) is 18.5 Å². The van der Waals surface area contributed by atoms with Crippen LogP contribution >= 0.6 is 0 Å². The lowest BCUT2D eigenvalue weighted by molar-refractivity contribution is 0.0948. The predicted molar refractivity (Wildman–Crippen MR) is 88.6 cm³/mol. The molecule has 7 heteroatoms. The van der Waals surface area contributed by atoms with Crippen LogP contribution in [0.5, 0.6) is 0 Å². The average molecular weight is 322 g/mol. The minimum Gasteiger partial charge on any atom is -0.385 e. The first-order chi connectivity index (χ1) is 11.0. The summed E-state index contributed by atoms with van der Waals surface area (Å²) in [5, 5.41) is 5.60. The van der Waals surface area contributed by atoms with Crippen molar-refractivity contribution in [2.45, 2.75) is 12.8 Å². The number of nitrogens with zero attached hydrogens (tertiary/aromatic N) is 2. The van der Waals surface area contributed by atoms with Crippen LogP contribution in [0, 0.1) is 0 Å². The number of amides is 2. The number of hydrogen-bond donors (Lipinski definition) is 2. The fourth-order valence-corrected chi connectivity index (χ4v) is 1.91. The Morgan fingerprint density at radius 2 is 1.65 bits per heavy atom. The maximum absolute atomic E-state index is 12.1. The highest BCUT2D eigenvalue weighted by Gasteiger charge is 2.10. The van der Waals surface area contributed by atoms with Gasteiger partial charge in [0.25, 0.3) is 11.8 Å². The van der Waals surface area contributed by atoms with Crippen LogP contribution < -0.4 is 10.6 Å². The molecule has 1 aromatic rings. The van der Waals surface area contributed by atoms with Crippen LogP contribution in [0.25, 0.3) is 0 Å². The number of pyridine rings is 1. The van der Waals surface area contributed by atoms with E-state index in [-0.39, 0.29) is 11.8 Å². The molecule has 2 amide bonds. The molecule has 1 aromatic heterocycles. The van der Waals surface area contributed by atoms with E-state index in [0.29, 0.717) is 30.8 Å². The van der Waals surface area contributed by atoms with Crippen LogP contribution in [0.4, 0.5) is 0 Å². The van der Waals surface area contributed by atoms with Crippen LogP contribution in [0.1, 0.15) is 33.6 Å². The monoisotopic (exact) mass is 322 g/mol. The van der Waals surface area contributed by atoms with Gasteiger partial charge in [-0.1, -0.05) is 0 Å². The summed E-state index contributed by atoms with van der Waals surface area (Å²) in [5.41, 5.74) is 0.766. The molecule has 0 aliphatic carbocycles. The van der Waals surface area contributed by atoms with Crippen LogP contribution in [0.2, 0.25) is 0 Å². The number of ether oxygens (including phenoxy) is 1. The molecule has 0 aliphatic heterocycles. The lowest BCUT2D eigenvalue weighted by atomic mass is 10.2. The minimum atomic E-state index is -0.240. The fraction of sp³-hybridized carbons (Fsp3) is 0.562. The van der Waals surface area contributed by atoms with E-state index in [1.807, 2.05) is 14.1 Å². The zero-order valence-corrected chi connectivity index (χ0v) is 14.1. The van der Waals surface area contributed by atoms with E-state index in [1.54, 1.807) is 13.2 Å². The van der Waals surface area contributed by atoms with E-state index in [4.69, 9.17) is 4.74 Å². The molecular weight excluding hydrogens is 296 g/mol. The Balaban J connectivity index is 2.48. The highest BCUT2D eigenvalue weighted by Crippen LogP contribution is 2.03. The van der Waals surface area contributed by atoms with Crippen LogP contribution in [0.3, 0.4) is 0 Å². The third-order valence-corrected chi connectivity index (χ3v) is 3.14. The van der Waals surface area contributed by atoms with Crippen molar-refractivity contribution in [1.29, 1.82) is 0 Å². The minimum absolute atomic E-state index is 0.217. The van der Waals surface area contributed by atoms with E-state index in [0.717, 1.165) is 19.4 Å². The molecule has 0 aliphatic rings. The van der Waals surface area contributed by atoms with Gasteiger partial charge in [-0.05, 0) is 39.5 Å². The largest absolute Gasteiger partial charge is 0.385 e. The predicted octanol–water partition coefficient (Wildman–Crippen LogP) is 0.529. The quantitative estimate of drug-likeness (QED) is 0.614. The molecule has 0 radical (unpaired) electrons. The summed E-state index contributed by atoms with van der Waals surface area (Å²) in [4.78, 5) is 30.1. The molecule has 1 rings (SSSR count). The topological polar surface area (TPSA) is 83.6 Å². The molecule has 0 spiro atoms. The standard InChI is InChI=1S/C16H26N4O3/c1-20(2)8-4-6-18-15(21)13-10-14(12-17-11-13)16(22)19-7-5-9-23-3/h10-12H,4-9H2,1-3H3,(H,18,21)(H,19,22). The molecule has 7 nitrogen and oxygen atoms in total. The highest BCUT2D eigenvalue weighted by molar-refractivity contribution is 5.99. The lowest BCUT2D eigenvalue weighted by Crippen LogP contribution is -2.28. The zero-order valence-electron chi connectivity index (χ0n) is 14.1.